The third kappa shape index (κ3) is 2.24. The van der Waals surface area contributed by atoms with E-state index in [0.29, 0.717) is 0 Å². The number of nitrogens with zero attached hydrogens (tertiary/aromatic N) is 4. The number of fused-ring (bicyclic) bond motifs is 3. The highest BCUT2D eigenvalue weighted by Crippen LogP contribution is 2.38. The van der Waals surface area contributed by atoms with E-state index in [9.17, 15) is 0 Å². The maximum Gasteiger partial charge on any atom is 0.130 e. The number of hydrogen-bond donors (Lipinski definition) is 0. The lowest BCUT2D eigenvalue weighted by molar-refractivity contribution is 0.122. The molecule has 0 saturated carbocycles. The van der Waals surface area contributed by atoms with Crippen LogP contribution in [0.1, 0.15) is 5.56 Å². The molecule has 4 rings (SSSR count). The summed E-state index contributed by atoms with van der Waals surface area (Å²) in [7, 11) is 0. The van der Waals surface area contributed by atoms with Gasteiger partial charge in [-0.25, -0.2) is 15.0 Å². The fourth-order valence-corrected chi connectivity index (χ4v) is 4.71. The highest BCUT2D eigenvalue weighted by Gasteiger charge is 2.18. The maximum absolute atomic E-state index is 5.43. The van der Waals surface area contributed by atoms with Crippen molar-refractivity contribution in [3.63, 3.8) is 0 Å². The van der Waals surface area contributed by atoms with Gasteiger partial charge in [0.25, 0.3) is 0 Å². The summed E-state index contributed by atoms with van der Waals surface area (Å²) in [6.07, 6.45) is 3.70. The Bertz CT molecular complexity index is 842. The molecule has 0 aromatic carbocycles. The molecule has 0 amide bonds. The summed E-state index contributed by atoms with van der Waals surface area (Å²) in [5.41, 5.74) is 2.25. The lowest BCUT2D eigenvalue weighted by Gasteiger charge is -2.28. The van der Waals surface area contributed by atoms with Crippen molar-refractivity contribution in [1.82, 2.24) is 15.0 Å². The fraction of sp³-hybridized carbons (Fsp3) is 0.400. The molecule has 5 nitrogen and oxygen atoms in total. The van der Waals surface area contributed by atoms with Crippen molar-refractivity contribution in [3.05, 3.63) is 18.0 Å². The summed E-state index contributed by atoms with van der Waals surface area (Å²) in [5.74, 6) is 1.04. The van der Waals surface area contributed by atoms with Crippen LogP contribution in [0.5, 0.6) is 0 Å². The molecule has 0 atom stereocenters. The molecule has 0 radical (unpaired) electrons. The standard InChI is InChI=1S/C15H16N4OS2/c1-9-7-10(19-3-5-20-6-4-19)18-14-11(9)12-13(22-14)15(21-2)17-8-16-12/h7-8H,3-6H2,1-2H3. The van der Waals surface area contributed by atoms with Gasteiger partial charge < -0.3 is 9.64 Å². The molecule has 0 unspecified atom stereocenters. The predicted octanol–water partition coefficient (Wildman–Crippen LogP) is 3.11. The summed E-state index contributed by atoms with van der Waals surface area (Å²) < 4.78 is 6.57. The number of thioether (sulfide) groups is 1. The molecule has 1 saturated heterocycles. The Balaban J connectivity index is 1.92. The molecule has 22 heavy (non-hydrogen) atoms. The summed E-state index contributed by atoms with van der Waals surface area (Å²) in [6.45, 7) is 5.49. The topological polar surface area (TPSA) is 51.1 Å². The second-order valence-electron chi connectivity index (χ2n) is 5.24. The van der Waals surface area contributed by atoms with E-state index in [4.69, 9.17) is 9.72 Å². The number of aryl methyl sites for hydroxylation is 1. The molecule has 0 spiro atoms. The average molecular weight is 332 g/mol. The number of anilines is 1. The smallest absolute Gasteiger partial charge is 0.130 e. The van der Waals surface area contributed by atoms with Crippen LogP contribution in [0, 0.1) is 6.92 Å². The van der Waals surface area contributed by atoms with Gasteiger partial charge in [0.05, 0.1) is 23.4 Å². The lowest BCUT2D eigenvalue weighted by Crippen LogP contribution is -2.36. The van der Waals surface area contributed by atoms with Crippen molar-refractivity contribution in [3.8, 4) is 0 Å². The van der Waals surface area contributed by atoms with Crippen LogP contribution >= 0.6 is 23.1 Å². The minimum absolute atomic E-state index is 0.771. The van der Waals surface area contributed by atoms with Crippen LogP contribution in [0.3, 0.4) is 0 Å². The Morgan fingerprint density at radius 1 is 1.27 bits per heavy atom. The number of morpholine rings is 1. The van der Waals surface area contributed by atoms with Crippen LogP contribution in [-0.2, 0) is 4.74 Å². The zero-order chi connectivity index (χ0) is 15.1. The molecule has 114 valence electrons. The van der Waals surface area contributed by atoms with E-state index in [0.717, 1.165) is 57.6 Å². The number of pyridine rings is 1. The monoisotopic (exact) mass is 332 g/mol. The summed E-state index contributed by atoms with van der Waals surface area (Å²) >= 11 is 3.35. The van der Waals surface area contributed by atoms with Crippen LogP contribution in [0.25, 0.3) is 20.4 Å². The van der Waals surface area contributed by atoms with Crippen molar-refractivity contribution in [2.75, 3.05) is 37.5 Å². The molecule has 3 aromatic heterocycles. The Morgan fingerprint density at radius 3 is 2.86 bits per heavy atom. The quantitative estimate of drug-likeness (QED) is 0.531. The number of aromatic nitrogens is 3. The number of rotatable bonds is 2. The summed E-state index contributed by atoms with van der Waals surface area (Å²) in [4.78, 5) is 17.1. The van der Waals surface area contributed by atoms with E-state index in [1.807, 2.05) is 6.26 Å². The normalized spacial score (nSPS) is 15.8. The molecule has 1 aliphatic heterocycles. The molecular weight excluding hydrogens is 316 g/mol. The van der Waals surface area contributed by atoms with Crippen molar-refractivity contribution in [2.24, 2.45) is 0 Å². The van der Waals surface area contributed by atoms with E-state index in [2.05, 4.69) is 27.9 Å². The van der Waals surface area contributed by atoms with Gasteiger partial charge >= 0.3 is 0 Å². The first kappa shape index (κ1) is 14.2. The van der Waals surface area contributed by atoms with Crippen LogP contribution in [0.4, 0.5) is 5.82 Å². The van der Waals surface area contributed by atoms with Gasteiger partial charge in [0, 0.05) is 18.5 Å². The Hall–Kier alpha value is -1.44. The van der Waals surface area contributed by atoms with E-state index < -0.39 is 0 Å². The number of thiophene rings is 1. The van der Waals surface area contributed by atoms with Crippen LogP contribution in [0.15, 0.2) is 17.4 Å². The highest BCUT2D eigenvalue weighted by molar-refractivity contribution is 7.98. The van der Waals surface area contributed by atoms with E-state index in [1.165, 1.54) is 5.56 Å². The van der Waals surface area contributed by atoms with E-state index in [-0.39, 0.29) is 0 Å². The van der Waals surface area contributed by atoms with Crippen molar-refractivity contribution < 1.29 is 4.74 Å². The third-order valence-electron chi connectivity index (χ3n) is 3.91. The first-order valence-corrected chi connectivity index (χ1v) is 9.23. The van der Waals surface area contributed by atoms with Gasteiger partial charge in [-0.15, -0.1) is 23.1 Å². The van der Waals surface area contributed by atoms with Crippen LogP contribution in [-0.4, -0.2) is 47.5 Å². The fourth-order valence-electron chi connectivity index (χ4n) is 2.81. The van der Waals surface area contributed by atoms with Crippen LogP contribution < -0.4 is 4.90 Å². The average Bonchev–Trinajstić information content (AvgIpc) is 2.94. The zero-order valence-corrected chi connectivity index (χ0v) is 14.1. The Morgan fingerprint density at radius 2 is 2.09 bits per heavy atom. The molecule has 3 aromatic rings. The molecule has 0 bridgehead atoms. The van der Waals surface area contributed by atoms with Crippen molar-refractivity contribution in [2.45, 2.75) is 11.9 Å². The van der Waals surface area contributed by atoms with Gasteiger partial charge in [-0.1, -0.05) is 0 Å². The second kappa shape index (κ2) is 5.64. The number of ether oxygens (including phenoxy) is 1. The summed E-state index contributed by atoms with van der Waals surface area (Å²) in [6, 6.07) is 2.17. The molecular formula is C15H16N4OS2. The van der Waals surface area contributed by atoms with Gasteiger partial charge in [0.15, 0.2) is 0 Å². The van der Waals surface area contributed by atoms with E-state index >= 15 is 0 Å². The molecule has 4 heterocycles. The molecule has 1 aliphatic rings. The first-order chi connectivity index (χ1) is 10.8. The first-order valence-electron chi connectivity index (χ1n) is 7.19. The van der Waals surface area contributed by atoms with Crippen molar-refractivity contribution >= 4 is 49.3 Å². The van der Waals surface area contributed by atoms with Gasteiger partial charge in [-0.05, 0) is 24.8 Å². The largest absolute Gasteiger partial charge is 0.378 e. The van der Waals surface area contributed by atoms with Crippen molar-refractivity contribution in [1.29, 1.82) is 0 Å². The molecule has 0 N–H and O–H groups in total. The van der Waals surface area contributed by atoms with Gasteiger partial charge in [-0.2, -0.15) is 0 Å². The van der Waals surface area contributed by atoms with Crippen LogP contribution in [0.2, 0.25) is 0 Å². The van der Waals surface area contributed by atoms with Gasteiger partial charge in [0.1, 0.15) is 22.0 Å². The van der Waals surface area contributed by atoms with E-state index in [1.54, 1.807) is 29.4 Å². The highest BCUT2D eigenvalue weighted by atomic mass is 32.2. The summed E-state index contributed by atoms with van der Waals surface area (Å²) in [5, 5.41) is 2.19. The third-order valence-corrected chi connectivity index (χ3v) is 5.81. The zero-order valence-electron chi connectivity index (χ0n) is 12.5. The molecule has 0 aliphatic carbocycles. The Kier molecular flexibility index (Phi) is 3.63. The SMILES string of the molecule is CSc1ncnc2c1sc1nc(N3CCOCC3)cc(C)c12. The minimum atomic E-state index is 0.771. The molecule has 7 heteroatoms. The maximum atomic E-state index is 5.43. The van der Waals surface area contributed by atoms with Gasteiger partial charge in [0.2, 0.25) is 0 Å². The molecule has 1 fully saturated rings. The lowest BCUT2D eigenvalue weighted by atomic mass is 10.2. The Labute approximate surface area is 136 Å². The van der Waals surface area contributed by atoms with Gasteiger partial charge in [-0.3, -0.25) is 0 Å². The minimum Gasteiger partial charge on any atom is -0.378 e. The second-order valence-corrected chi connectivity index (χ2v) is 7.03. The number of hydrogen-bond acceptors (Lipinski definition) is 7. The predicted molar refractivity (Wildman–Crippen MR) is 92.3 cm³/mol.